The molecule has 0 bridgehead atoms. The standard InChI is InChI=1S/C17H35NO/c1-5-16(9-10-17(2,3)4)8-6-7-11-18-12-14-19-15-13-18/h16H,5-15H2,1-4H3/t16-/m1/s1. The largest absolute Gasteiger partial charge is 0.379 e. The lowest BCUT2D eigenvalue weighted by atomic mass is 9.84. The lowest BCUT2D eigenvalue weighted by Crippen LogP contribution is -2.36. The molecule has 2 heteroatoms. The van der Waals surface area contributed by atoms with Crippen molar-refractivity contribution in [2.24, 2.45) is 11.3 Å². The fraction of sp³-hybridized carbons (Fsp3) is 1.00. The van der Waals surface area contributed by atoms with Crippen LogP contribution in [-0.4, -0.2) is 37.7 Å². The highest BCUT2D eigenvalue weighted by atomic mass is 16.5. The first-order valence-electron chi connectivity index (χ1n) is 8.31. The Morgan fingerprint density at radius 1 is 1.05 bits per heavy atom. The molecular weight excluding hydrogens is 234 g/mol. The zero-order valence-electron chi connectivity index (χ0n) is 13.7. The fourth-order valence-corrected chi connectivity index (χ4v) is 2.78. The molecule has 0 N–H and O–H groups in total. The van der Waals surface area contributed by atoms with Gasteiger partial charge in [-0.25, -0.2) is 0 Å². The number of hydrogen-bond donors (Lipinski definition) is 0. The van der Waals surface area contributed by atoms with Crippen LogP contribution in [0, 0.1) is 11.3 Å². The topological polar surface area (TPSA) is 12.5 Å². The Morgan fingerprint density at radius 2 is 1.74 bits per heavy atom. The van der Waals surface area contributed by atoms with Gasteiger partial charge in [-0.3, -0.25) is 4.90 Å². The molecule has 0 aromatic heterocycles. The Morgan fingerprint density at radius 3 is 2.32 bits per heavy atom. The van der Waals surface area contributed by atoms with Gasteiger partial charge in [0, 0.05) is 13.1 Å². The Hall–Kier alpha value is -0.0800. The molecule has 0 saturated carbocycles. The first-order chi connectivity index (χ1) is 9.01. The molecule has 1 aliphatic heterocycles. The van der Waals surface area contributed by atoms with E-state index in [0.29, 0.717) is 5.41 Å². The van der Waals surface area contributed by atoms with E-state index in [2.05, 4.69) is 32.6 Å². The summed E-state index contributed by atoms with van der Waals surface area (Å²) in [5.74, 6) is 0.948. The van der Waals surface area contributed by atoms with Gasteiger partial charge in [-0.15, -0.1) is 0 Å². The summed E-state index contributed by atoms with van der Waals surface area (Å²) in [5, 5.41) is 0. The van der Waals surface area contributed by atoms with E-state index in [1.165, 1.54) is 45.1 Å². The van der Waals surface area contributed by atoms with Crippen LogP contribution in [0.5, 0.6) is 0 Å². The Kier molecular flexibility index (Phi) is 8.01. The SMILES string of the molecule is CC[C@H](CCCCN1CCOCC1)CCC(C)(C)C. The fourth-order valence-electron chi connectivity index (χ4n) is 2.78. The molecule has 0 amide bonds. The van der Waals surface area contributed by atoms with Crippen LogP contribution in [0.4, 0.5) is 0 Å². The summed E-state index contributed by atoms with van der Waals surface area (Å²) >= 11 is 0. The van der Waals surface area contributed by atoms with Gasteiger partial charge < -0.3 is 4.74 Å². The predicted molar refractivity (Wildman–Crippen MR) is 83.6 cm³/mol. The van der Waals surface area contributed by atoms with Crippen molar-refractivity contribution in [3.63, 3.8) is 0 Å². The minimum atomic E-state index is 0.501. The molecule has 2 nitrogen and oxygen atoms in total. The van der Waals surface area contributed by atoms with Gasteiger partial charge in [-0.1, -0.05) is 47.0 Å². The number of hydrogen-bond acceptors (Lipinski definition) is 2. The Balaban J connectivity index is 2.05. The van der Waals surface area contributed by atoms with Crippen LogP contribution in [-0.2, 0) is 4.74 Å². The average molecular weight is 269 g/mol. The van der Waals surface area contributed by atoms with E-state index in [1.54, 1.807) is 0 Å². The van der Waals surface area contributed by atoms with Crippen LogP contribution in [0.25, 0.3) is 0 Å². The van der Waals surface area contributed by atoms with Crippen LogP contribution in [0.15, 0.2) is 0 Å². The maximum absolute atomic E-state index is 5.38. The normalized spacial score (nSPS) is 19.6. The van der Waals surface area contributed by atoms with E-state index in [9.17, 15) is 0 Å². The van der Waals surface area contributed by atoms with Gasteiger partial charge in [0.05, 0.1) is 13.2 Å². The van der Waals surface area contributed by atoms with Crippen LogP contribution in [0.2, 0.25) is 0 Å². The Bertz CT molecular complexity index is 216. The van der Waals surface area contributed by atoms with Crippen LogP contribution in [0.3, 0.4) is 0 Å². The summed E-state index contributed by atoms with van der Waals surface area (Å²) in [5.41, 5.74) is 0.501. The molecule has 0 aromatic carbocycles. The third kappa shape index (κ3) is 8.65. The molecule has 0 aromatic rings. The number of ether oxygens (including phenoxy) is 1. The number of morpholine rings is 1. The van der Waals surface area contributed by atoms with E-state index >= 15 is 0 Å². The van der Waals surface area contributed by atoms with Crippen LogP contribution >= 0.6 is 0 Å². The molecular formula is C17H35NO. The van der Waals surface area contributed by atoms with Gasteiger partial charge in [0.15, 0.2) is 0 Å². The smallest absolute Gasteiger partial charge is 0.0594 e. The summed E-state index contributed by atoms with van der Waals surface area (Å²) in [6, 6.07) is 0. The van der Waals surface area contributed by atoms with Crippen molar-refractivity contribution < 1.29 is 4.74 Å². The van der Waals surface area contributed by atoms with Gasteiger partial charge in [-0.05, 0) is 37.1 Å². The van der Waals surface area contributed by atoms with E-state index in [-0.39, 0.29) is 0 Å². The van der Waals surface area contributed by atoms with E-state index in [0.717, 1.165) is 32.2 Å². The van der Waals surface area contributed by atoms with Crippen LogP contribution < -0.4 is 0 Å². The summed E-state index contributed by atoms with van der Waals surface area (Å²) in [6.07, 6.45) is 8.34. The Labute approximate surface area is 120 Å². The van der Waals surface area contributed by atoms with Gasteiger partial charge in [0.2, 0.25) is 0 Å². The van der Waals surface area contributed by atoms with Gasteiger partial charge in [0.1, 0.15) is 0 Å². The van der Waals surface area contributed by atoms with Crippen molar-refractivity contribution in [2.45, 2.75) is 66.2 Å². The van der Waals surface area contributed by atoms with Crippen molar-refractivity contribution in [2.75, 3.05) is 32.8 Å². The third-order valence-electron chi connectivity index (χ3n) is 4.32. The lowest BCUT2D eigenvalue weighted by molar-refractivity contribution is 0.0370. The molecule has 114 valence electrons. The predicted octanol–water partition coefficient (Wildman–Crippen LogP) is 4.34. The molecule has 1 rings (SSSR count). The monoisotopic (exact) mass is 269 g/mol. The third-order valence-corrected chi connectivity index (χ3v) is 4.32. The molecule has 0 unspecified atom stereocenters. The van der Waals surface area contributed by atoms with E-state index < -0.39 is 0 Å². The minimum absolute atomic E-state index is 0.501. The molecule has 1 heterocycles. The zero-order valence-corrected chi connectivity index (χ0v) is 13.7. The lowest BCUT2D eigenvalue weighted by Gasteiger charge is -2.27. The molecule has 0 spiro atoms. The first-order valence-corrected chi connectivity index (χ1v) is 8.31. The van der Waals surface area contributed by atoms with Crippen molar-refractivity contribution in [3.05, 3.63) is 0 Å². The molecule has 19 heavy (non-hydrogen) atoms. The second-order valence-corrected chi connectivity index (χ2v) is 7.32. The van der Waals surface area contributed by atoms with Crippen molar-refractivity contribution in [3.8, 4) is 0 Å². The van der Waals surface area contributed by atoms with E-state index in [1.807, 2.05) is 0 Å². The highest BCUT2D eigenvalue weighted by molar-refractivity contribution is 4.67. The van der Waals surface area contributed by atoms with Crippen LogP contribution in [0.1, 0.15) is 66.2 Å². The quantitative estimate of drug-likeness (QED) is 0.608. The molecule has 1 atom stereocenters. The van der Waals surface area contributed by atoms with E-state index in [4.69, 9.17) is 4.74 Å². The molecule has 1 aliphatic rings. The molecule has 1 fully saturated rings. The van der Waals surface area contributed by atoms with Crippen molar-refractivity contribution >= 4 is 0 Å². The highest BCUT2D eigenvalue weighted by Crippen LogP contribution is 2.27. The number of nitrogens with zero attached hydrogens (tertiary/aromatic N) is 1. The maximum atomic E-state index is 5.38. The van der Waals surface area contributed by atoms with Crippen molar-refractivity contribution in [1.82, 2.24) is 4.90 Å². The van der Waals surface area contributed by atoms with Gasteiger partial charge >= 0.3 is 0 Å². The first kappa shape index (κ1) is 17.0. The second kappa shape index (κ2) is 8.97. The van der Waals surface area contributed by atoms with Gasteiger partial charge in [-0.2, -0.15) is 0 Å². The zero-order chi connectivity index (χ0) is 14.1. The molecule has 0 radical (unpaired) electrons. The summed E-state index contributed by atoms with van der Waals surface area (Å²) < 4.78 is 5.38. The maximum Gasteiger partial charge on any atom is 0.0594 e. The number of rotatable bonds is 8. The summed E-state index contributed by atoms with van der Waals surface area (Å²) in [7, 11) is 0. The highest BCUT2D eigenvalue weighted by Gasteiger charge is 2.14. The average Bonchev–Trinajstić information content (AvgIpc) is 2.38. The van der Waals surface area contributed by atoms with Gasteiger partial charge in [0.25, 0.3) is 0 Å². The second-order valence-electron chi connectivity index (χ2n) is 7.32. The number of unbranched alkanes of at least 4 members (excludes halogenated alkanes) is 1. The summed E-state index contributed by atoms with van der Waals surface area (Å²) in [4.78, 5) is 2.56. The van der Waals surface area contributed by atoms with Crippen molar-refractivity contribution in [1.29, 1.82) is 0 Å². The minimum Gasteiger partial charge on any atom is -0.379 e. The summed E-state index contributed by atoms with van der Waals surface area (Å²) in [6.45, 7) is 14.9. The molecule has 1 saturated heterocycles. The molecule has 0 aliphatic carbocycles.